The van der Waals surface area contributed by atoms with Crippen LogP contribution in [-0.4, -0.2) is 0 Å². The number of hydrogen-bond acceptors (Lipinski definition) is 0. The highest BCUT2D eigenvalue weighted by Gasteiger charge is 2.08. The Labute approximate surface area is 137 Å². The molecule has 0 heteroatoms. The standard InChI is InChI=1S/C23H18/c1-17-12-13-20-15-21(18-8-4-2-5-9-18)16-23(22(20)14-17)19-10-6-3-7-11-19/h2-16H,1H3. The van der Waals surface area contributed by atoms with Crippen LogP contribution in [0.25, 0.3) is 33.0 Å². The Bertz CT molecular complexity index is 951. The second-order valence-corrected chi connectivity index (χ2v) is 5.98. The highest BCUT2D eigenvalue weighted by atomic mass is 14.1. The highest BCUT2D eigenvalue weighted by molar-refractivity contribution is 6.00. The first-order valence-corrected chi connectivity index (χ1v) is 7.96. The van der Waals surface area contributed by atoms with Crippen LogP contribution in [-0.2, 0) is 0 Å². The van der Waals surface area contributed by atoms with Gasteiger partial charge in [0.05, 0.1) is 0 Å². The van der Waals surface area contributed by atoms with Crippen molar-refractivity contribution in [3.05, 3.63) is 96.6 Å². The quantitative estimate of drug-likeness (QED) is 0.397. The SMILES string of the molecule is Cc1ccc2cc(-c3ccccc3)cc(-c3ccccc3)c2c1. The monoisotopic (exact) mass is 294 g/mol. The maximum absolute atomic E-state index is 2.31. The Hall–Kier alpha value is -2.86. The molecule has 0 saturated carbocycles. The van der Waals surface area contributed by atoms with Crippen LogP contribution in [0.4, 0.5) is 0 Å². The van der Waals surface area contributed by atoms with Crippen molar-refractivity contribution >= 4 is 10.8 Å². The molecule has 0 heterocycles. The summed E-state index contributed by atoms with van der Waals surface area (Å²) in [4.78, 5) is 0. The summed E-state index contributed by atoms with van der Waals surface area (Å²) in [5.41, 5.74) is 6.38. The molecular formula is C23H18. The molecule has 4 aromatic rings. The lowest BCUT2D eigenvalue weighted by Crippen LogP contribution is -1.86. The van der Waals surface area contributed by atoms with Crippen molar-refractivity contribution in [1.29, 1.82) is 0 Å². The fraction of sp³-hybridized carbons (Fsp3) is 0.0435. The molecule has 23 heavy (non-hydrogen) atoms. The lowest BCUT2D eigenvalue weighted by molar-refractivity contribution is 1.50. The van der Waals surface area contributed by atoms with Gasteiger partial charge in [-0.05, 0) is 52.1 Å². The third kappa shape index (κ3) is 2.64. The second-order valence-electron chi connectivity index (χ2n) is 5.98. The first kappa shape index (κ1) is 13.8. The normalized spacial score (nSPS) is 10.8. The number of benzene rings is 4. The largest absolute Gasteiger partial charge is 0.0622 e. The molecule has 0 aliphatic rings. The summed E-state index contributed by atoms with van der Waals surface area (Å²) in [6.45, 7) is 2.15. The number of hydrogen-bond donors (Lipinski definition) is 0. The van der Waals surface area contributed by atoms with Gasteiger partial charge >= 0.3 is 0 Å². The van der Waals surface area contributed by atoms with E-state index in [1.807, 2.05) is 0 Å². The number of fused-ring (bicyclic) bond motifs is 1. The Morgan fingerprint density at radius 1 is 0.522 bits per heavy atom. The molecule has 0 aliphatic carbocycles. The van der Waals surface area contributed by atoms with Crippen LogP contribution in [0.1, 0.15) is 5.56 Å². The molecule has 0 aliphatic heterocycles. The first-order valence-electron chi connectivity index (χ1n) is 7.96. The molecule has 0 N–H and O–H groups in total. The van der Waals surface area contributed by atoms with Crippen LogP contribution in [0, 0.1) is 6.92 Å². The first-order chi connectivity index (χ1) is 11.3. The predicted molar refractivity (Wildman–Crippen MR) is 99.6 cm³/mol. The van der Waals surface area contributed by atoms with Crippen LogP contribution < -0.4 is 0 Å². The van der Waals surface area contributed by atoms with Crippen molar-refractivity contribution in [2.45, 2.75) is 6.92 Å². The summed E-state index contributed by atoms with van der Waals surface area (Å²) in [5.74, 6) is 0. The second kappa shape index (κ2) is 5.73. The molecule has 0 radical (unpaired) electrons. The summed E-state index contributed by atoms with van der Waals surface area (Å²) >= 11 is 0. The van der Waals surface area contributed by atoms with E-state index < -0.39 is 0 Å². The van der Waals surface area contributed by atoms with Gasteiger partial charge in [-0.15, -0.1) is 0 Å². The molecule has 4 rings (SSSR count). The summed E-state index contributed by atoms with van der Waals surface area (Å²) < 4.78 is 0. The third-order valence-electron chi connectivity index (χ3n) is 4.30. The smallest absolute Gasteiger partial charge is 0.00991 e. The van der Waals surface area contributed by atoms with E-state index >= 15 is 0 Å². The van der Waals surface area contributed by atoms with Gasteiger partial charge in [0.1, 0.15) is 0 Å². The van der Waals surface area contributed by atoms with E-state index in [0.29, 0.717) is 0 Å². The van der Waals surface area contributed by atoms with E-state index in [0.717, 1.165) is 0 Å². The van der Waals surface area contributed by atoms with E-state index in [9.17, 15) is 0 Å². The van der Waals surface area contributed by atoms with Crippen LogP contribution in [0.5, 0.6) is 0 Å². The van der Waals surface area contributed by atoms with Gasteiger partial charge in [-0.3, -0.25) is 0 Å². The molecule has 0 bridgehead atoms. The van der Waals surface area contributed by atoms with Crippen molar-refractivity contribution in [3.63, 3.8) is 0 Å². The van der Waals surface area contributed by atoms with E-state index in [-0.39, 0.29) is 0 Å². The fourth-order valence-corrected chi connectivity index (χ4v) is 3.13. The minimum absolute atomic E-state index is 1.26. The molecule has 0 saturated heterocycles. The van der Waals surface area contributed by atoms with Gasteiger partial charge in [0.15, 0.2) is 0 Å². The average molecular weight is 294 g/mol. The van der Waals surface area contributed by atoms with Gasteiger partial charge in [0.2, 0.25) is 0 Å². The zero-order chi connectivity index (χ0) is 15.6. The van der Waals surface area contributed by atoms with Gasteiger partial charge in [-0.1, -0.05) is 84.4 Å². The Morgan fingerprint density at radius 3 is 1.87 bits per heavy atom. The van der Waals surface area contributed by atoms with Crippen LogP contribution >= 0.6 is 0 Å². The summed E-state index contributed by atoms with van der Waals surface area (Å²) in [5, 5.41) is 2.60. The van der Waals surface area contributed by atoms with Crippen molar-refractivity contribution in [2.75, 3.05) is 0 Å². The van der Waals surface area contributed by atoms with E-state index in [2.05, 4.69) is 97.9 Å². The summed E-state index contributed by atoms with van der Waals surface area (Å²) in [6, 6.07) is 32.5. The van der Waals surface area contributed by atoms with Crippen molar-refractivity contribution < 1.29 is 0 Å². The molecule has 110 valence electrons. The van der Waals surface area contributed by atoms with Gasteiger partial charge in [-0.2, -0.15) is 0 Å². The van der Waals surface area contributed by atoms with E-state index in [1.54, 1.807) is 0 Å². The lowest BCUT2D eigenvalue weighted by atomic mass is 9.92. The van der Waals surface area contributed by atoms with Gasteiger partial charge in [0.25, 0.3) is 0 Å². The maximum atomic E-state index is 2.31. The highest BCUT2D eigenvalue weighted by Crippen LogP contribution is 2.34. The molecule has 0 atom stereocenters. The van der Waals surface area contributed by atoms with Crippen molar-refractivity contribution in [3.8, 4) is 22.3 Å². The van der Waals surface area contributed by atoms with Gasteiger partial charge in [0, 0.05) is 0 Å². The molecule has 0 unspecified atom stereocenters. The van der Waals surface area contributed by atoms with Crippen molar-refractivity contribution in [1.82, 2.24) is 0 Å². The summed E-state index contributed by atoms with van der Waals surface area (Å²) in [6.07, 6.45) is 0. The Balaban J connectivity index is 2.04. The topological polar surface area (TPSA) is 0 Å². The van der Waals surface area contributed by atoms with E-state index in [1.165, 1.54) is 38.6 Å². The molecule has 0 amide bonds. The zero-order valence-corrected chi connectivity index (χ0v) is 13.2. The molecule has 0 aromatic heterocycles. The van der Waals surface area contributed by atoms with Crippen LogP contribution in [0.3, 0.4) is 0 Å². The molecule has 0 nitrogen and oxygen atoms in total. The van der Waals surface area contributed by atoms with Gasteiger partial charge in [-0.25, -0.2) is 0 Å². The third-order valence-corrected chi connectivity index (χ3v) is 4.30. The number of rotatable bonds is 2. The average Bonchev–Trinajstić information content (AvgIpc) is 2.62. The number of aryl methyl sites for hydroxylation is 1. The minimum Gasteiger partial charge on any atom is -0.0622 e. The maximum Gasteiger partial charge on any atom is -0.00991 e. The Kier molecular flexibility index (Phi) is 3.44. The molecule has 4 aromatic carbocycles. The minimum atomic E-state index is 1.26. The predicted octanol–water partition coefficient (Wildman–Crippen LogP) is 6.48. The van der Waals surface area contributed by atoms with E-state index in [4.69, 9.17) is 0 Å². The van der Waals surface area contributed by atoms with Crippen LogP contribution in [0.2, 0.25) is 0 Å². The molecule has 0 fully saturated rings. The lowest BCUT2D eigenvalue weighted by Gasteiger charge is -2.12. The summed E-state index contributed by atoms with van der Waals surface area (Å²) in [7, 11) is 0. The molecule has 0 spiro atoms. The molecular weight excluding hydrogens is 276 g/mol. The van der Waals surface area contributed by atoms with Crippen molar-refractivity contribution in [2.24, 2.45) is 0 Å². The Morgan fingerprint density at radius 2 is 1.17 bits per heavy atom. The van der Waals surface area contributed by atoms with Gasteiger partial charge < -0.3 is 0 Å². The van der Waals surface area contributed by atoms with Crippen LogP contribution in [0.15, 0.2) is 91.0 Å². The zero-order valence-electron chi connectivity index (χ0n) is 13.2. The fourth-order valence-electron chi connectivity index (χ4n) is 3.13.